The number of ether oxygens (including phenoxy) is 1. The molecule has 3 N–H and O–H groups in total. The van der Waals surface area contributed by atoms with Gasteiger partial charge in [-0.05, 0) is 24.6 Å². The molecule has 2 aromatic rings. The van der Waals surface area contributed by atoms with E-state index in [1.54, 1.807) is 11.8 Å². The van der Waals surface area contributed by atoms with Crippen LogP contribution in [-0.2, 0) is 9.53 Å². The fraction of sp³-hybridized carbons (Fsp3) is 0.471. The lowest BCUT2D eigenvalue weighted by molar-refractivity contribution is -0.117. The zero-order chi connectivity index (χ0) is 17.8. The molecule has 8 heteroatoms. The Morgan fingerprint density at radius 2 is 2.32 bits per heavy atom. The number of carbonyl (C=O) groups is 2. The van der Waals surface area contributed by atoms with Gasteiger partial charge < -0.3 is 15.4 Å². The Morgan fingerprint density at radius 3 is 3.04 bits per heavy atom. The number of methoxy groups -OCH3 is 1. The molecule has 2 heterocycles. The molecule has 2 atom stereocenters. The molecule has 0 spiro atoms. The fourth-order valence-corrected chi connectivity index (χ4v) is 3.86. The highest BCUT2D eigenvalue weighted by atomic mass is 32.2. The Kier molecular flexibility index (Phi) is 5.72. The van der Waals surface area contributed by atoms with E-state index < -0.39 is 5.97 Å². The van der Waals surface area contributed by atoms with Gasteiger partial charge in [-0.25, -0.2) is 4.79 Å². The quantitative estimate of drug-likeness (QED) is 0.666. The summed E-state index contributed by atoms with van der Waals surface area (Å²) in [6.45, 7) is 4.03. The summed E-state index contributed by atoms with van der Waals surface area (Å²) in [6, 6.07) is 5.73. The van der Waals surface area contributed by atoms with Crippen LogP contribution in [0, 0.1) is 0 Å². The third-order valence-corrected chi connectivity index (χ3v) is 5.61. The zero-order valence-corrected chi connectivity index (χ0v) is 15.1. The largest absolute Gasteiger partial charge is 0.464 e. The first kappa shape index (κ1) is 17.9. The van der Waals surface area contributed by atoms with Crippen LogP contribution in [0.2, 0.25) is 0 Å². The molecule has 25 heavy (non-hydrogen) atoms. The molecule has 1 saturated heterocycles. The molecular weight excluding hydrogens is 340 g/mol. The number of thioether (sulfide) groups is 1. The Balaban J connectivity index is 1.68. The van der Waals surface area contributed by atoms with E-state index >= 15 is 0 Å². The SMILES string of the molecule is COC(=O)c1n[nH]c2ccc(C(C)NCC(=O)C3CNCCS3)cc12. The second-order valence-corrected chi connectivity index (χ2v) is 7.31. The van der Waals surface area contributed by atoms with Gasteiger partial charge in [0, 0.05) is 30.3 Å². The van der Waals surface area contributed by atoms with Crippen LogP contribution in [-0.4, -0.2) is 59.7 Å². The Labute approximate surface area is 150 Å². The smallest absolute Gasteiger partial charge is 0.359 e. The molecule has 1 aliphatic rings. The molecule has 0 bridgehead atoms. The Morgan fingerprint density at radius 1 is 1.48 bits per heavy atom. The number of rotatable bonds is 6. The summed E-state index contributed by atoms with van der Waals surface area (Å²) >= 11 is 1.71. The van der Waals surface area contributed by atoms with Gasteiger partial charge in [0.1, 0.15) is 0 Å². The molecule has 0 saturated carbocycles. The van der Waals surface area contributed by atoms with E-state index in [4.69, 9.17) is 4.74 Å². The molecule has 134 valence electrons. The number of hydrogen-bond donors (Lipinski definition) is 3. The normalized spacial score (nSPS) is 18.9. The summed E-state index contributed by atoms with van der Waals surface area (Å²) in [7, 11) is 1.33. The van der Waals surface area contributed by atoms with Crippen molar-refractivity contribution in [1.82, 2.24) is 20.8 Å². The van der Waals surface area contributed by atoms with Crippen molar-refractivity contribution < 1.29 is 14.3 Å². The molecule has 7 nitrogen and oxygen atoms in total. The second-order valence-electron chi connectivity index (χ2n) is 6.00. The van der Waals surface area contributed by atoms with Crippen LogP contribution in [0.3, 0.4) is 0 Å². The van der Waals surface area contributed by atoms with E-state index in [1.165, 1.54) is 7.11 Å². The fourth-order valence-electron chi connectivity index (χ4n) is 2.81. The predicted octanol–water partition coefficient (Wildman–Crippen LogP) is 1.27. The maximum Gasteiger partial charge on any atom is 0.359 e. The minimum absolute atomic E-state index is 0.0182. The van der Waals surface area contributed by atoms with Crippen LogP contribution < -0.4 is 10.6 Å². The van der Waals surface area contributed by atoms with Gasteiger partial charge in [-0.2, -0.15) is 5.10 Å². The van der Waals surface area contributed by atoms with Gasteiger partial charge in [0.25, 0.3) is 0 Å². The maximum atomic E-state index is 12.3. The van der Waals surface area contributed by atoms with Crippen molar-refractivity contribution in [2.24, 2.45) is 0 Å². The molecule has 0 radical (unpaired) electrons. The number of esters is 1. The highest BCUT2D eigenvalue weighted by molar-refractivity contribution is 8.00. The van der Waals surface area contributed by atoms with Gasteiger partial charge in [-0.3, -0.25) is 9.89 Å². The van der Waals surface area contributed by atoms with Crippen LogP contribution in [0.5, 0.6) is 0 Å². The Hall–Kier alpha value is -1.90. The van der Waals surface area contributed by atoms with Crippen molar-refractivity contribution in [2.75, 3.05) is 32.5 Å². The molecule has 1 fully saturated rings. The number of fused-ring (bicyclic) bond motifs is 1. The minimum atomic E-state index is -0.471. The van der Waals surface area contributed by atoms with E-state index in [9.17, 15) is 9.59 Å². The number of ketones is 1. The monoisotopic (exact) mass is 362 g/mol. The molecule has 0 aliphatic carbocycles. The minimum Gasteiger partial charge on any atom is -0.464 e. The number of aromatic amines is 1. The topological polar surface area (TPSA) is 96.1 Å². The first-order valence-electron chi connectivity index (χ1n) is 8.25. The molecule has 3 rings (SSSR count). The lowest BCUT2D eigenvalue weighted by Crippen LogP contribution is -2.41. The van der Waals surface area contributed by atoms with Crippen molar-refractivity contribution >= 4 is 34.4 Å². The number of benzene rings is 1. The average molecular weight is 362 g/mol. The standard InChI is InChI=1S/C17H22N4O3S/c1-10(19-8-14(22)15-9-18-5-6-25-15)11-3-4-13-12(7-11)16(21-20-13)17(23)24-2/h3-4,7,10,15,18-19H,5-6,8-9H2,1-2H3,(H,20,21). The van der Waals surface area contributed by atoms with Crippen molar-refractivity contribution in [3.63, 3.8) is 0 Å². The van der Waals surface area contributed by atoms with Gasteiger partial charge in [0.05, 0.1) is 24.4 Å². The third kappa shape index (κ3) is 4.02. The molecule has 1 aromatic heterocycles. The average Bonchev–Trinajstić information content (AvgIpc) is 3.09. The van der Waals surface area contributed by atoms with Crippen LogP contribution in [0.25, 0.3) is 10.9 Å². The number of hydrogen-bond acceptors (Lipinski definition) is 7. The van der Waals surface area contributed by atoms with E-state index in [-0.39, 0.29) is 22.8 Å². The van der Waals surface area contributed by atoms with Crippen LogP contribution in [0.1, 0.15) is 29.0 Å². The predicted molar refractivity (Wildman–Crippen MR) is 98.0 cm³/mol. The van der Waals surface area contributed by atoms with Crippen LogP contribution in [0.15, 0.2) is 18.2 Å². The number of carbonyl (C=O) groups excluding carboxylic acids is 2. The van der Waals surface area contributed by atoms with Crippen molar-refractivity contribution in [1.29, 1.82) is 0 Å². The number of aromatic nitrogens is 2. The van der Waals surface area contributed by atoms with Crippen LogP contribution in [0.4, 0.5) is 0 Å². The third-order valence-electron chi connectivity index (χ3n) is 4.33. The highest BCUT2D eigenvalue weighted by Crippen LogP contribution is 2.22. The van der Waals surface area contributed by atoms with Crippen molar-refractivity contribution in [2.45, 2.75) is 18.2 Å². The second kappa shape index (κ2) is 7.99. The number of nitrogens with zero attached hydrogens (tertiary/aromatic N) is 1. The van der Waals surface area contributed by atoms with Crippen LogP contribution >= 0.6 is 11.8 Å². The van der Waals surface area contributed by atoms with Gasteiger partial charge >= 0.3 is 5.97 Å². The van der Waals surface area contributed by atoms with E-state index in [0.717, 1.165) is 35.3 Å². The molecule has 1 aromatic carbocycles. The maximum absolute atomic E-state index is 12.3. The summed E-state index contributed by atoms with van der Waals surface area (Å²) in [4.78, 5) is 24.1. The van der Waals surface area contributed by atoms with Gasteiger partial charge in [0.15, 0.2) is 11.5 Å². The van der Waals surface area contributed by atoms with Gasteiger partial charge in [-0.15, -0.1) is 11.8 Å². The van der Waals surface area contributed by atoms with E-state index in [1.807, 2.05) is 25.1 Å². The molecule has 2 unspecified atom stereocenters. The zero-order valence-electron chi connectivity index (χ0n) is 14.3. The number of H-pyrrole nitrogens is 1. The first-order valence-corrected chi connectivity index (χ1v) is 9.29. The lowest BCUT2D eigenvalue weighted by atomic mass is 10.0. The summed E-state index contributed by atoms with van der Waals surface area (Å²) in [5, 5.41) is 14.1. The number of Topliss-reactive ketones (excluding diaryl/α,β-unsaturated/α-hetero) is 1. The molecule has 0 amide bonds. The first-order chi connectivity index (χ1) is 12.1. The highest BCUT2D eigenvalue weighted by Gasteiger charge is 2.22. The summed E-state index contributed by atoms with van der Waals surface area (Å²) < 4.78 is 4.76. The molecule has 1 aliphatic heterocycles. The summed E-state index contributed by atoms with van der Waals surface area (Å²) in [5.41, 5.74) is 2.03. The number of nitrogens with one attached hydrogen (secondary N) is 3. The summed E-state index contributed by atoms with van der Waals surface area (Å²) in [6.07, 6.45) is 0. The van der Waals surface area contributed by atoms with E-state index in [0.29, 0.717) is 6.54 Å². The van der Waals surface area contributed by atoms with Gasteiger partial charge in [-0.1, -0.05) is 6.07 Å². The van der Waals surface area contributed by atoms with Crippen molar-refractivity contribution in [3.05, 3.63) is 29.5 Å². The van der Waals surface area contributed by atoms with E-state index in [2.05, 4.69) is 20.8 Å². The Bertz CT molecular complexity index is 770. The van der Waals surface area contributed by atoms with Gasteiger partial charge in [0.2, 0.25) is 0 Å². The summed E-state index contributed by atoms with van der Waals surface area (Å²) in [5.74, 6) is 0.712. The lowest BCUT2D eigenvalue weighted by Gasteiger charge is -2.22. The van der Waals surface area contributed by atoms with Crippen molar-refractivity contribution in [3.8, 4) is 0 Å². The molecular formula is C17H22N4O3S.